The molecular weight excluding hydrogens is 348 g/mol. The molecule has 24 heavy (non-hydrogen) atoms. The summed E-state index contributed by atoms with van der Waals surface area (Å²) in [5, 5.41) is 6.78. The van der Waals surface area contributed by atoms with Crippen molar-refractivity contribution in [1.82, 2.24) is 0 Å². The molecule has 0 aliphatic carbocycles. The van der Waals surface area contributed by atoms with E-state index in [-0.39, 0.29) is 5.56 Å². The van der Waals surface area contributed by atoms with Gasteiger partial charge in [0.05, 0.1) is 11.3 Å². The van der Waals surface area contributed by atoms with Crippen LogP contribution in [-0.4, -0.2) is 5.91 Å². The number of hydrogen-bond donors (Lipinski definition) is 1. The van der Waals surface area contributed by atoms with E-state index < -0.39 is 17.5 Å². The highest BCUT2D eigenvalue weighted by Crippen LogP contribution is 2.30. The summed E-state index contributed by atoms with van der Waals surface area (Å²) in [5.74, 6) is -1.41. The Balaban J connectivity index is 1.76. The van der Waals surface area contributed by atoms with Gasteiger partial charge in [-0.25, -0.2) is 8.78 Å². The minimum atomic E-state index is -0.879. The van der Waals surface area contributed by atoms with E-state index in [1.807, 2.05) is 23.6 Å². The van der Waals surface area contributed by atoms with Gasteiger partial charge in [-0.3, -0.25) is 4.79 Å². The van der Waals surface area contributed by atoms with Crippen LogP contribution in [0.3, 0.4) is 0 Å². The number of rotatable bonds is 5. The molecule has 1 amide bonds. The second-order valence-corrected chi connectivity index (χ2v) is 6.79. The number of nitrogens with one attached hydrogen (secondary N) is 1. The van der Waals surface area contributed by atoms with Gasteiger partial charge in [0, 0.05) is 16.7 Å². The molecule has 0 fully saturated rings. The fourth-order valence-electron chi connectivity index (χ4n) is 2.09. The van der Waals surface area contributed by atoms with Crippen molar-refractivity contribution < 1.29 is 13.6 Å². The highest BCUT2D eigenvalue weighted by Gasteiger charge is 2.14. The Kier molecular flexibility index (Phi) is 5.27. The zero-order valence-corrected chi connectivity index (χ0v) is 14.1. The predicted molar refractivity (Wildman–Crippen MR) is 94.6 cm³/mol. The minimum Gasteiger partial charge on any atom is -0.321 e. The van der Waals surface area contributed by atoms with Crippen molar-refractivity contribution in [2.45, 2.75) is 10.6 Å². The molecule has 0 aliphatic rings. The summed E-state index contributed by atoms with van der Waals surface area (Å²) in [7, 11) is 0. The van der Waals surface area contributed by atoms with E-state index in [0.717, 1.165) is 22.8 Å². The van der Waals surface area contributed by atoms with Crippen LogP contribution in [-0.2, 0) is 5.75 Å². The number of benzene rings is 2. The Morgan fingerprint density at radius 1 is 1.12 bits per heavy atom. The van der Waals surface area contributed by atoms with Crippen LogP contribution in [0.25, 0.3) is 0 Å². The SMILES string of the molecule is O=C(Nc1ccccc1SCc1ccsc1)c1ccc(F)cc1F. The third-order valence-corrected chi connectivity index (χ3v) is 5.16. The zero-order chi connectivity index (χ0) is 16.9. The van der Waals surface area contributed by atoms with E-state index >= 15 is 0 Å². The first-order chi connectivity index (χ1) is 11.6. The Labute approximate surface area is 146 Å². The summed E-state index contributed by atoms with van der Waals surface area (Å²) >= 11 is 3.22. The summed E-state index contributed by atoms with van der Waals surface area (Å²) in [6.07, 6.45) is 0. The molecule has 0 saturated heterocycles. The van der Waals surface area contributed by atoms with Crippen molar-refractivity contribution in [1.29, 1.82) is 0 Å². The Hall–Kier alpha value is -2.18. The van der Waals surface area contributed by atoms with Gasteiger partial charge in [-0.15, -0.1) is 11.8 Å². The summed E-state index contributed by atoms with van der Waals surface area (Å²) in [6.45, 7) is 0. The van der Waals surface area contributed by atoms with Crippen LogP contribution in [0.2, 0.25) is 0 Å². The maximum atomic E-state index is 13.7. The maximum absolute atomic E-state index is 13.7. The molecule has 0 radical (unpaired) electrons. The average Bonchev–Trinajstić information content (AvgIpc) is 3.07. The number of thioether (sulfide) groups is 1. The molecule has 0 bridgehead atoms. The number of thiophene rings is 1. The Bertz CT molecular complexity index is 850. The van der Waals surface area contributed by atoms with Crippen LogP contribution in [0.4, 0.5) is 14.5 Å². The molecule has 1 heterocycles. The van der Waals surface area contributed by atoms with Crippen molar-refractivity contribution >= 4 is 34.7 Å². The molecule has 122 valence electrons. The molecule has 1 aromatic heterocycles. The summed E-state index contributed by atoms with van der Waals surface area (Å²) < 4.78 is 26.7. The molecule has 2 aromatic carbocycles. The smallest absolute Gasteiger partial charge is 0.258 e. The van der Waals surface area contributed by atoms with E-state index in [9.17, 15) is 13.6 Å². The van der Waals surface area contributed by atoms with E-state index in [1.165, 1.54) is 5.56 Å². The minimum absolute atomic E-state index is 0.186. The monoisotopic (exact) mass is 361 g/mol. The van der Waals surface area contributed by atoms with Gasteiger partial charge in [-0.2, -0.15) is 11.3 Å². The van der Waals surface area contributed by atoms with Crippen molar-refractivity contribution in [2.24, 2.45) is 0 Å². The van der Waals surface area contributed by atoms with Gasteiger partial charge in [-0.1, -0.05) is 12.1 Å². The van der Waals surface area contributed by atoms with Gasteiger partial charge in [0.2, 0.25) is 0 Å². The van der Waals surface area contributed by atoms with Gasteiger partial charge in [0.1, 0.15) is 11.6 Å². The largest absolute Gasteiger partial charge is 0.321 e. The second-order valence-electron chi connectivity index (χ2n) is 4.99. The van der Waals surface area contributed by atoms with Crippen LogP contribution in [0.15, 0.2) is 64.2 Å². The third-order valence-electron chi connectivity index (χ3n) is 3.29. The van der Waals surface area contributed by atoms with Gasteiger partial charge >= 0.3 is 0 Å². The molecule has 0 unspecified atom stereocenters. The number of para-hydroxylation sites is 1. The Morgan fingerprint density at radius 2 is 1.96 bits per heavy atom. The standard InChI is InChI=1S/C18H13F2NOS2/c19-13-5-6-14(15(20)9-13)18(22)21-16-3-1-2-4-17(16)24-11-12-7-8-23-10-12/h1-10H,11H2,(H,21,22). The quantitative estimate of drug-likeness (QED) is 0.602. The summed E-state index contributed by atoms with van der Waals surface area (Å²) in [4.78, 5) is 13.1. The highest BCUT2D eigenvalue weighted by atomic mass is 32.2. The lowest BCUT2D eigenvalue weighted by molar-refractivity contribution is 0.102. The molecule has 0 aliphatic heterocycles. The first-order valence-electron chi connectivity index (χ1n) is 7.13. The number of carbonyl (C=O) groups excluding carboxylic acids is 1. The number of amides is 1. The fourth-order valence-corrected chi connectivity index (χ4v) is 3.82. The number of halogens is 2. The van der Waals surface area contributed by atoms with Crippen LogP contribution >= 0.6 is 23.1 Å². The van der Waals surface area contributed by atoms with Crippen LogP contribution in [0.5, 0.6) is 0 Å². The van der Waals surface area contributed by atoms with Crippen LogP contribution < -0.4 is 5.32 Å². The molecule has 0 atom stereocenters. The van der Waals surface area contributed by atoms with Gasteiger partial charge in [-0.05, 0) is 46.7 Å². The molecular formula is C18H13F2NOS2. The fraction of sp³-hybridized carbons (Fsp3) is 0.0556. The van der Waals surface area contributed by atoms with Crippen molar-refractivity contribution in [3.63, 3.8) is 0 Å². The lowest BCUT2D eigenvalue weighted by Gasteiger charge is -2.11. The molecule has 6 heteroatoms. The first kappa shape index (κ1) is 16.7. The number of anilines is 1. The van der Waals surface area contributed by atoms with Gasteiger partial charge in [0.25, 0.3) is 5.91 Å². The number of hydrogen-bond acceptors (Lipinski definition) is 3. The van der Waals surface area contributed by atoms with Crippen LogP contribution in [0, 0.1) is 11.6 Å². The molecule has 3 rings (SSSR count). The van der Waals surface area contributed by atoms with E-state index in [4.69, 9.17) is 0 Å². The molecule has 1 N–H and O–H groups in total. The normalized spacial score (nSPS) is 10.6. The highest BCUT2D eigenvalue weighted by molar-refractivity contribution is 7.98. The second kappa shape index (κ2) is 7.59. The van der Waals surface area contributed by atoms with Gasteiger partial charge < -0.3 is 5.32 Å². The first-order valence-corrected chi connectivity index (χ1v) is 9.05. The molecule has 0 saturated carbocycles. The van der Waals surface area contributed by atoms with E-state index in [0.29, 0.717) is 11.8 Å². The van der Waals surface area contributed by atoms with Gasteiger partial charge in [0.15, 0.2) is 0 Å². The lowest BCUT2D eigenvalue weighted by atomic mass is 10.2. The molecule has 2 nitrogen and oxygen atoms in total. The molecule has 3 aromatic rings. The van der Waals surface area contributed by atoms with Crippen molar-refractivity contribution in [3.8, 4) is 0 Å². The van der Waals surface area contributed by atoms with Crippen LogP contribution in [0.1, 0.15) is 15.9 Å². The zero-order valence-electron chi connectivity index (χ0n) is 12.5. The van der Waals surface area contributed by atoms with Crippen molar-refractivity contribution in [3.05, 3.63) is 82.1 Å². The van der Waals surface area contributed by atoms with E-state index in [2.05, 4.69) is 10.7 Å². The number of carbonyl (C=O) groups is 1. The predicted octanol–water partition coefficient (Wildman–Crippen LogP) is 5.57. The summed E-state index contributed by atoms with van der Waals surface area (Å²) in [5.41, 5.74) is 1.62. The van der Waals surface area contributed by atoms with E-state index in [1.54, 1.807) is 35.2 Å². The van der Waals surface area contributed by atoms with Crippen molar-refractivity contribution in [2.75, 3.05) is 5.32 Å². The maximum Gasteiger partial charge on any atom is 0.258 e. The lowest BCUT2D eigenvalue weighted by Crippen LogP contribution is -2.14. The average molecular weight is 361 g/mol. The summed E-state index contributed by atoms with van der Waals surface area (Å²) in [6, 6.07) is 12.3. The Morgan fingerprint density at radius 3 is 2.71 bits per heavy atom. The third kappa shape index (κ3) is 4.01. The topological polar surface area (TPSA) is 29.1 Å². The molecule has 0 spiro atoms.